The summed E-state index contributed by atoms with van der Waals surface area (Å²) in [5.74, 6) is 1.42. The highest BCUT2D eigenvalue weighted by atomic mass is 32.2. The number of benzene rings is 5. The lowest BCUT2D eigenvalue weighted by atomic mass is 9.94. The van der Waals surface area contributed by atoms with E-state index >= 15 is 0 Å². The summed E-state index contributed by atoms with van der Waals surface area (Å²) in [5.41, 5.74) is 9.57. The maximum Gasteiger partial charge on any atom is 0.123 e. The molecule has 0 spiro atoms. The number of nitriles is 1. The molecule has 1 aromatic heterocycles. The molecule has 0 radical (unpaired) electrons. The summed E-state index contributed by atoms with van der Waals surface area (Å²) in [6.45, 7) is 2.13. The Morgan fingerprint density at radius 2 is 1.33 bits per heavy atom. The largest absolute Gasteiger partial charge is 0.497 e. The zero-order valence-electron chi connectivity index (χ0n) is 24.0. The Balaban J connectivity index is 1.57. The number of hydrogen-bond donors (Lipinski definition) is 0. The summed E-state index contributed by atoms with van der Waals surface area (Å²) in [6, 6.07) is 39.2. The van der Waals surface area contributed by atoms with Crippen LogP contribution in [-0.2, 0) is 0 Å². The van der Waals surface area contributed by atoms with Crippen molar-refractivity contribution in [2.45, 2.75) is 16.7 Å². The third-order valence-electron chi connectivity index (χ3n) is 7.79. The van der Waals surface area contributed by atoms with Gasteiger partial charge < -0.3 is 14.4 Å². The summed E-state index contributed by atoms with van der Waals surface area (Å²) >= 11 is 1.78. The third kappa shape index (κ3) is 4.64. The molecule has 1 aliphatic rings. The molecule has 0 saturated heterocycles. The first-order chi connectivity index (χ1) is 21.1. The van der Waals surface area contributed by atoms with Gasteiger partial charge in [-0.3, -0.25) is 0 Å². The van der Waals surface area contributed by atoms with Gasteiger partial charge in [0.05, 0.1) is 54.1 Å². The minimum absolute atomic E-state index is 0.609. The van der Waals surface area contributed by atoms with E-state index in [1.165, 1.54) is 9.79 Å². The van der Waals surface area contributed by atoms with Gasteiger partial charge in [0.25, 0.3) is 0 Å². The van der Waals surface area contributed by atoms with Crippen LogP contribution in [0.15, 0.2) is 119 Å². The van der Waals surface area contributed by atoms with Gasteiger partial charge >= 0.3 is 0 Å². The second kappa shape index (κ2) is 10.9. The standard InChI is InChI=1S/C37H27N3O2S/c1-23-12-17-33(40-31-8-4-6-10-34(31)43-35-11-7-5-9-32(35)40)37-36(23)29(26-18-27(41-2)20-28(19-26)42-3)21-30(39-37)25-15-13-24(22-38)14-16-25/h4-21H,1-3H3. The van der Waals surface area contributed by atoms with Crippen molar-refractivity contribution >= 4 is 39.7 Å². The van der Waals surface area contributed by atoms with Crippen LogP contribution >= 0.6 is 11.8 Å². The van der Waals surface area contributed by atoms with Gasteiger partial charge in [-0.2, -0.15) is 5.26 Å². The van der Waals surface area contributed by atoms with Crippen molar-refractivity contribution in [2.24, 2.45) is 0 Å². The van der Waals surface area contributed by atoms with Crippen LogP contribution < -0.4 is 14.4 Å². The SMILES string of the molecule is COc1cc(OC)cc(-c2cc(-c3ccc(C#N)cc3)nc3c(N4c5ccccc5Sc5ccccc54)ccc(C)c23)c1. The molecule has 43 heavy (non-hydrogen) atoms. The van der Waals surface area contributed by atoms with Crippen molar-refractivity contribution in [2.75, 3.05) is 19.1 Å². The van der Waals surface area contributed by atoms with Crippen LogP contribution in [0.25, 0.3) is 33.3 Å². The number of anilines is 3. The minimum Gasteiger partial charge on any atom is -0.497 e. The summed E-state index contributed by atoms with van der Waals surface area (Å²) in [7, 11) is 3.33. The van der Waals surface area contributed by atoms with Crippen LogP contribution in [0.2, 0.25) is 0 Å². The lowest BCUT2D eigenvalue weighted by molar-refractivity contribution is 0.394. The van der Waals surface area contributed by atoms with Gasteiger partial charge in [0.15, 0.2) is 0 Å². The highest BCUT2D eigenvalue weighted by Gasteiger charge is 2.27. The maximum absolute atomic E-state index is 9.41. The molecule has 0 atom stereocenters. The Labute approximate surface area is 255 Å². The normalized spacial score (nSPS) is 11.9. The second-order valence-electron chi connectivity index (χ2n) is 10.3. The Kier molecular flexibility index (Phi) is 6.73. The number of fused-ring (bicyclic) bond motifs is 3. The van der Waals surface area contributed by atoms with Gasteiger partial charge in [-0.15, -0.1) is 0 Å². The van der Waals surface area contributed by atoms with Crippen molar-refractivity contribution < 1.29 is 9.47 Å². The number of methoxy groups -OCH3 is 2. The third-order valence-corrected chi connectivity index (χ3v) is 8.92. The number of nitrogens with zero attached hydrogens (tertiary/aromatic N) is 3. The molecule has 5 nitrogen and oxygen atoms in total. The highest BCUT2D eigenvalue weighted by Crippen LogP contribution is 2.53. The second-order valence-corrected chi connectivity index (χ2v) is 11.4. The van der Waals surface area contributed by atoms with Gasteiger partial charge in [0.2, 0.25) is 0 Å². The van der Waals surface area contributed by atoms with Gasteiger partial charge in [0.1, 0.15) is 11.5 Å². The van der Waals surface area contributed by atoms with Crippen LogP contribution in [0.1, 0.15) is 11.1 Å². The molecule has 208 valence electrons. The van der Waals surface area contributed by atoms with Crippen molar-refractivity contribution in [1.82, 2.24) is 4.98 Å². The molecular formula is C37H27N3O2S. The average Bonchev–Trinajstić information content (AvgIpc) is 3.07. The molecule has 1 aliphatic heterocycles. The fourth-order valence-corrected chi connectivity index (χ4v) is 6.75. The highest BCUT2D eigenvalue weighted by molar-refractivity contribution is 7.99. The first-order valence-electron chi connectivity index (χ1n) is 13.9. The molecule has 6 aromatic rings. The van der Waals surface area contributed by atoms with E-state index in [4.69, 9.17) is 14.5 Å². The molecule has 0 bridgehead atoms. The molecule has 7 rings (SSSR count). The monoisotopic (exact) mass is 577 g/mol. The number of pyridine rings is 1. The zero-order chi connectivity index (χ0) is 29.5. The molecule has 0 fully saturated rings. The van der Waals surface area contributed by atoms with E-state index in [1.807, 2.05) is 42.5 Å². The van der Waals surface area contributed by atoms with E-state index in [9.17, 15) is 5.26 Å². The summed E-state index contributed by atoms with van der Waals surface area (Å²) in [5, 5.41) is 10.5. The Morgan fingerprint density at radius 1 is 0.698 bits per heavy atom. The molecule has 6 heteroatoms. The molecule has 0 amide bonds. The molecule has 0 saturated carbocycles. The summed E-state index contributed by atoms with van der Waals surface area (Å²) < 4.78 is 11.3. The fourth-order valence-electron chi connectivity index (χ4n) is 5.69. The summed E-state index contributed by atoms with van der Waals surface area (Å²) in [6.07, 6.45) is 0. The molecular weight excluding hydrogens is 550 g/mol. The van der Waals surface area contributed by atoms with Crippen LogP contribution in [0, 0.1) is 18.3 Å². The molecule has 0 N–H and O–H groups in total. The van der Waals surface area contributed by atoms with Gasteiger partial charge in [-0.25, -0.2) is 4.98 Å². The van der Waals surface area contributed by atoms with Crippen molar-refractivity contribution in [1.29, 1.82) is 5.26 Å². The van der Waals surface area contributed by atoms with E-state index in [-0.39, 0.29) is 0 Å². The predicted molar refractivity (Wildman–Crippen MR) is 174 cm³/mol. The van der Waals surface area contributed by atoms with Gasteiger partial charge in [0, 0.05) is 26.8 Å². The first-order valence-corrected chi connectivity index (χ1v) is 14.7. The van der Waals surface area contributed by atoms with E-state index in [2.05, 4.69) is 84.6 Å². The lowest BCUT2D eigenvalue weighted by Gasteiger charge is -2.33. The number of aryl methyl sites for hydroxylation is 1. The quantitative estimate of drug-likeness (QED) is 0.203. The first kappa shape index (κ1) is 26.6. The molecule has 0 aliphatic carbocycles. The topological polar surface area (TPSA) is 58.4 Å². The van der Waals surface area contributed by atoms with Crippen LogP contribution in [0.5, 0.6) is 11.5 Å². The Morgan fingerprint density at radius 3 is 1.93 bits per heavy atom. The van der Waals surface area contributed by atoms with Crippen LogP contribution in [-0.4, -0.2) is 19.2 Å². The average molecular weight is 578 g/mol. The lowest BCUT2D eigenvalue weighted by Crippen LogP contribution is -2.15. The van der Waals surface area contributed by atoms with Crippen molar-refractivity contribution in [3.05, 3.63) is 120 Å². The number of para-hydroxylation sites is 2. The van der Waals surface area contributed by atoms with Crippen LogP contribution in [0.3, 0.4) is 0 Å². The number of rotatable bonds is 5. The number of ether oxygens (including phenoxy) is 2. The Bertz CT molecular complexity index is 2000. The van der Waals surface area contributed by atoms with Crippen molar-refractivity contribution in [3.8, 4) is 40.0 Å². The van der Waals surface area contributed by atoms with E-state index in [1.54, 1.807) is 26.0 Å². The predicted octanol–water partition coefficient (Wildman–Crippen LogP) is 9.70. The fraction of sp³-hybridized carbons (Fsp3) is 0.0811. The van der Waals surface area contributed by atoms with E-state index in [0.29, 0.717) is 17.1 Å². The molecule has 0 unspecified atom stereocenters. The van der Waals surface area contributed by atoms with Crippen molar-refractivity contribution in [3.63, 3.8) is 0 Å². The van der Waals surface area contributed by atoms with E-state index < -0.39 is 0 Å². The molecule has 5 aromatic carbocycles. The van der Waals surface area contributed by atoms with Crippen LogP contribution in [0.4, 0.5) is 17.1 Å². The van der Waals surface area contributed by atoms with Gasteiger partial charge in [-0.1, -0.05) is 54.2 Å². The smallest absolute Gasteiger partial charge is 0.123 e. The van der Waals surface area contributed by atoms with E-state index in [0.717, 1.165) is 55.9 Å². The van der Waals surface area contributed by atoms with Gasteiger partial charge in [-0.05, 0) is 84.3 Å². The number of hydrogen-bond acceptors (Lipinski definition) is 6. The summed E-state index contributed by atoms with van der Waals surface area (Å²) in [4.78, 5) is 10.1. The Hall–Kier alpha value is -5.25. The number of aromatic nitrogens is 1. The maximum atomic E-state index is 9.41. The zero-order valence-corrected chi connectivity index (χ0v) is 24.8. The minimum atomic E-state index is 0.609. The molecule has 2 heterocycles.